The number of para-hydroxylation sites is 1. The minimum atomic E-state index is -0.314. The molecule has 0 aliphatic carbocycles. The van der Waals surface area contributed by atoms with E-state index in [1.165, 1.54) is 0 Å². The highest BCUT2D eigenvalue weighted by Crippen LogP contribution is 2.37. The van der Waals surface area contributed by atoms with E-state index in [1.807, 2.05) is 68.6 Å². The van der Waals surface area contributed by atoms with Crippen molar-refractivity contribution in [1.82, 2.24) is 15.1 Å². The Bertz CT molecular complexity index is 1320. The van der Waals surface area contributed by atoms with Crippen molar-refractivity contribution in [3.05, 3.63) is 94.7 Å². The smallest absolute Gasteiger partial charge is 0.276 e. The quantitative estimate of drug-likeness (QED) is 0.550. The van der Waals surface area contributed by atoms with Crippen LogP contribution in [0.5, 0.6) is 0 Å². The van der Waals surface area contributed by atoms with Gasteiger partial charge in [-0.1, -0.05) is 48.5 Å². The molecule has 0 saturated heterocycles. The topological polar surface area (TPSA) is 76.0 Å². The maximum Gasteiger partial charge on any atom is 0.276 e. The Morgan fingerprint density at radius 2 is 1.80 bits per heavy atom. The van der Waals surface area contributed by atoms with E-state index in [-0.39, 0.29) is 17.9 Å². The van der Waals surface area contributed by atoms with Gasteiger partial charge in [0.05, 0.1) is 11.6 Å². The molecular weight excluding hydrogens is 376 g/mol. The Morgan fingerprint density at radius 3 is 2.63 bits per heavy atom. The zero-order valence-corrected chi connectivity index (χ0v) is 16.6. The van der Waals surface area contributed by atoms with Crippen LogP contribution in [0, 0.1) is 6.92 Å². The summed E-state index contributed by atoms with van der Waals surface area (Å²) >= 11 is 0. The van der Waals surface area contributed by atoms with Crippen LogP contribution in [0.1, 0.15) is 43.6 Å². The average Bonchev–Trinajstić information content (AvgIpc) is 3.27. The van der Waals surface area contributed by atoms with E-state index in [1.54, 1.807) is 16.8 Å². The number of hydrogen-bond donors (Lipinski definition) is 2. The van der Waals surface area contributed by atoms with Crippen molar-refractivity contribution < 1.29 is 9.59 Å². The zero-order valence-electron chi connectivity index (χ0n) is 16.6. The summed E-state index contributed by atoms with van der Waals surface area (Å²) in [5.41, 5.74) is 5.30. The number of rotatable bonds is 3. The average molecular weight is 396 g/mol. The number of aromatic nitrogens is 2. The number of amides is 2. The monoisotopic (exact) mass is 396 g/mol. The summed E-state index contributed by atoms with van der Waals surface area (Å²) in [7, 11) is 1.82. The van der Waals surface area contributed by atoms with E-state index in [9.17, 15) is 9.59 Å². The molecule has 0 bridgehead atoms. The van der Waals surface area contributed by atoms with Crippen molar-refractivity contribution >= 4 is 28.4 Å². The summed E-state index contributed by atoms with van der Waals surface area (Å²) in [6.07, 6.45) is 0. The number of aryl methyl sites for hydroxylation is 2. The minimum absolute atomic E-state index is 0.141. The fourth-order valence-corrected chi connectivity index (χ4v) is 4.17. The van der Waals surface area contributed by atoms with Crippen LogP contribution in [0.15, 0.2) is 66.7 Å². The Hall–Kier alpha value is -3.93. The van der Waals surface area contributed by atoms with Crippen molar-refractivity contribution in [2.24, 2.45) is 7.05 Å². The molecule has 0 radical (unpaired) electrons. The number of nitrogens with one attached hydrogen (secondary N) is 2. The predicted molar refractivity (Wildman–Crippen MR) is 116 cm³/mol. The number of benzene rings is 3. The second-order valence-electron chi connectivity index (χ2n) is 7.47. The van der Waals surface area contributed by atoms with Crippen LogP contribution in [-0.4, -0.2) is 21.6 Å². The van der Waals surface area contributed by atoms with Crippen LogP contribution in [0.4, 0.5) is 5.69 Å². The van der Waals surface area contributed by atoms with Gasteiger partial charge in [-0.15, -0.1) is 0 Å². The molecular formula is C24H20N4O2. The second kappa shape index (κ2) is 6.84. The molecule has 1 aliphatic rings. The summed E-state index contributed by atoms with van der Waals surface area (Å²) in [4.78, 5) is 25.7. The van der Waals surface area contributed by atoms with Crippen LogP contribution < -0.4 is 10.6 Å². The molecule has 1 aliphatic heterocycles. The van der Waals surface area contributed by atoms with Crippen LogP contribution >= 0.6 is 0 Å². The Balaban J connectivity index is 1.58. The lowest BCUT2D eigenvalue weighted by Gasteiger charge is -2.18. The molecule has 2 amide bonds. The highest BCUT2D eigenvalue weighted by molar-refractivity contribution is 6.12. The van der Waals surface area contributed by atoms with Gasteiger partial charge in [-0.25, -0.2) is 0 Å². The highest BCUT2D eigenvalue weighted by Gasteiger charge is 2.33. The molecule has 0 spiro atoms. The molecule has 1 aromatic heterocycles. The maximum atomic E-state index is 13.1. The predicted octanol–water partition coefficient (Wildman–Crippen LogP) is 3.97. The van der Waals surface area contributed by atoms with E-state index in [4.69, 9.17) is 0 Å². The Labute approximate surface area is 173 Å². The lowest BCUT2D eigenvalue weighted by atomic mass is 9.93. The van der Waals surface area contributed by atoms with Gasteiger partial charge in [0.1, 0.15) is 0 Å². The van der Waals surface area contributed by atoms with Crippen molar-refractivity contribution in [2.75, 3.05) is 5.32 Å². The first-order valence-electron chi connectivity index (χ1n) is 9.77. The number of carbonyl (C=O) groups excluding carboxylic acids is 2. The van der Waals surface area contributed by atoms with Gasteiger partial charge in [0.25, 0.3) is 11.8 Å². The van der Waals surface area contributed by atoms with Crippen LogP contribution in [-0.2, 0) is 7.05 Å². The van der Waals surface area contributed by atoms with Gasteiger partial charge >= 0.3 is 0 Å². The van der Waals surface area contributed by atoms with Crippen LogP contribution in [0.25, 0.3) is 10.9 Å². The van der Waals surface area contributed by atoms with Crippen molar-refractivity contribution in [3.63, 3.8) is 0 Å². The molecule has 30 heavy (non-hydrogen) atoms. The Morgan fingerprint density at radius 1 is 1.03 bits per heavy atom. The molecule has 3 aromatic carbocycles. The maximum absolute atomic E-state index is 13.1. The number of nitrogens with zero attached hydrogens (tertiary/aromatic N) is 2. The van der Waals surface area contributed by atoms with Gasteiger partial charge in [-0.2, -0.15) is 5.10 Å². The van der Waals surface area contributed by atoms with Crippen molar-refractivity contribution in [1.29, 1.82) is 0 Å². The van der Waals surface area contributed by atoms with Crippen LogP contribution in [0.3, 0.4) is 0 Å². The number of carbonyl (C=O) groups is 2. The number of fused-ring (bicyclic) bond motifs is 2. The van der Waals surface area contributed by atoms with Gasteiger partial charge < -0.3 is 10.6 Å². The summed E-state index contributed by atoms with van der Waals surface area (Å²) in [5, 5.41) is 11.2. The normalized spacial score (nSPS) is 15.1. The summed E-state index contributed by atoms with van der Waals surface area (Å²) in [5.74, 6) is -0.444. The molecule has 5 rings (SSSR count). The standard InChI is InChI=1S/C24H20N4O2/c1-14-8-3-4-9-15(14)21-20-17(23(29)26-21)11-7-12-18(20)25-24(30)22-16-10-5-6-13-19(16)28(2)27-22/h3-13,21H,1-2H3,(H,25,30)(H,26,29). The third kappa shape index (κ3) is 2.76. The molecule has 148 valence electrons. The molecule has 2 heterocycles. The second-order valence-corrected chi connectivity index (χ2v) is 7.47. The molecule has 1 unspecified atom stereocenters. The lowest BCUT2D eigenvalue weighted by Crippen LogP contribution is -2.21. The molecule has 0 fully saturated rings. The summed E-state index contributed by atoms with van der Waals surface area (Å²) in [6, 6.07) is 20.6. The first-order chi connectivity index (χ1) is 14.5. The number of hydrogen-bond acceptors (Lipinski definition) is 3. The first-order valence-corrected chi connectivity index (χ1v) is 9.77. The third-order valence-corrected chi connectivity index (χ3v) is 5.64. The zero-order chi connectivity index (χ0) is 20.8. The fourth-order valence-electron chi connectivity index (χ4n) is 4.17. The van der Waals surface area contributed by atoms with Gasteiger partial charge in [0.15, 0.2) is 5.69 Å². The highest BCUT2D eigenvalue weighted by atomic mass is 16.2. The lowest BCUT2D eigenvalue weighted by molar-refractivity contribution is 0.0959. The molecule has 0 saturated carbocycles. The largest absolute Gasteiger partial charge is 0.341 e. The van der Waals surface area contributed by atoms with Gasteiger partial charge in [-0.05, 0) is 36.2 Å². The van der Waals surface area contributed by atoms with E-state index in [0.717, 1.165) is 27.6 Å². The Kier molecular flexibility index (Phi) is 4.13. The number of anilines is 1. The SMILES string of the molecule is Cc1ccccc1C1NC(=O)c2cccc(NC(=O)c3nn(C)c4ccccc34)c21. The third-order valence-electron chi connectivity index (χ3n) is 5.64. The molecule has 4 aromatic rings. The molecule has 2 N–H and O–H groups in total. The minimum Gasteiger partial charge on any atom is -0.341 e. The van der Waals surface area contributed by atoms with Gasteiger partial charge in [-0.3, -0.25) is 14.3 Å². The summed E-state index contributed by atoms with van der Waals surface area (Å²) in [6.45, 7) is 2.01. The molecule has 1 atom stereocenters. The van der Waals surface area contributed by atoms with Gasteiger partial charge in [0, 0.05) is 29.2 Å². The van der Waals surface area contributed by atoms with Crippen molar-refractivity contribution in [3.8, 4) is 0 Å². The first kappa shape index (κ1) is 18.1. The summed E-state index contributed by atoms with van der Waals surface area (Å²) < 4.78 is 1.70. The molecule has 6 nitrogen and oxygen atoms in total. The fraction of sp³-hybridized carbons (Fsp3) is 0.125. The van der Waals surface area contributed by atoms with E-state index >= 15 is 0 Å². The van der Waals surface area contributed by atoms with Crippen molar-refractivity contribution in [2.45, 2.75) is 13.0 Å². The van der Waals surface area contributed by atoms with Crippen LogP contribution in [0.2, 0.25) is 0 Å². The van der Waals surface area contributed by atoms with E-state index < -0.39 is 0 Å². The van der Waals surface area contributed by atoms with Gasteiger partial charge in [0.2, 0.25) is 0 Å². The molecule has 6 heteroatoms. The van der Waals surface area contributed by atoms with E-state index in [2.05, 4.69) is 15.7 Å². The van der Waals surface area contributed by atoms with E-state index in [0.29, 0.717) is 16.9 Å².